The minimum Gasteiger partial charge on any atom is -0.335 e. The Hall–Kier alpha value is -1.56. The fourth-order valence-electron chi connectivity index (χ4n) is 2.88. The molecule has 1 aromatic rings. The average molecular weight is 305 g/mol. The summed E-state index contributed by atoms with van der Waals surface area (Å²) < 4.78 is 0. The maximum atomic E-state index is 12.5. The highest BCUT2D eigenvalue weighted by atomic mass is 32.1. The van der Waals surface area contributed by atoms with E-state index in [0.717, 1.165) is 42.0 Å². The SMILES string of the molecule is [N-]=[N+]=NCc1ccc(C(=O)N2CCN(C3CCC3)CC2)s1. The summed E-state index contributed by atoms with van der Waals surface area (Å²) in [5, 5.41) is 3.53. The van der Waals surface area contributed by atoms with E-state index < -0.39 is 0 Å². The van der Waals surface area contributed by atoms with Crippen molar-refractivity contribution >= 4 is 17.2 Å². The second-order valence-corrected chi connectivity index (χ2v) is 6.74. The number of azide groups is 1. The van der Waals surface area contributed by atoms with Gasteiger partial charge >= 0.3 is 0 Å². The molecule has 1 amide bonds. The van der Waals surface area contributed by atoms with Gasteiger partial charge in [-0.15, -0.1) is 11.3 Å². The first kappa shape index (κ1) is 14.4. The fourth-order valence-corrected chi connectivity index (χ4v) is 3.77. The minimum atomic E-state index is 0.112. The number of nitrogens with zero attached hydrogens (tertiary/aromatic N) is 5. The first-order valence-corrected chi connectivity index (χ1v) is 8.22. The van der Waals surface area contributed by atoms with Crippen LogP contribution in [0.15, 0.2) is 17.2 Å². The molecule has 21 heavy (non-hydrogen) atoms. The Labute approximate surface area is 128 Å². The molecule has 0 bridgehead atoms. The largest absolute Gasteiger partial charge is 0.335 e. The van der Waals surface area contributed by atoms with Gasteiger partial charge in [-0.25, -0.2) is 0 Å². The molecule has 6 nitrogen and oxygen atoms in total. The third-order valence-corrected chi connectivity index (χ3v) is 5.41. The molecular weight excluding hydrogens is 286 g/mol. The van der Waals surface area contributed by atoms with Gasteiger partial charge in [0, 0.05) is 42.0 Å². The molecule has 7 heteroatoms. The second kappa shape index (κ2) is 6.47. The van der Waals surface area contributed by atoms with Gasteiger partial charge in [0.2, 0.25) is 0 Å². The smallest absolute Gasteiger partial charge is 0.264 e. The zero-order valence-corrected chi connectivity index (χ0v) is 12.8. The average Bonchev–Trinajstić information content (AvgIpc) is 2.92. The number of amides is 1. The Morgan fingerprint density at radius 3 is 2.71 bits per heavy atom. The summed E-state index contributed by atoms with van der Waals surface area (Å²) in [6.45, 7) is 3.95. The predicted molar refractivity (Wildman–Crippen MR) is 82.3 cm³/mol. The van der Waals surface area contributed by atoms with Gasteiger partial charge in [0.05, 0.1) is 11.4 Å². The highest BCUT2D eigenvalue weighted by Crippen LogP contribution is 2.26. The lowest BCUT2D eigenvalue weighted by Gasteiger charge is -2.42. The maximum Gasteiger partial charge on any atom is 0.264 e. The summed E-state index contributed by atoms with van der Waals surface area (Å²) in [5.74, 6) is 0.112. The third-order valence-electron chi connectivity index (χ3n) is 4.35. The van der Waals surface area contributed by atoms with E-state index in [1.54, 1.807) is 0 Å². The molecule has 1 aliphatic heterocycles. The van der Waals surface area contributed by atoms with Crippen LogP contribution in [0.3, 0.4) is 0 Å². The van der Waals surface area contributed by atoms with E-state index in [1.807, 2.05) is 17.0 Å². The standard InChI is InChI=1S/C14H19N5OS/c15-17-16-10-12-4-5-13(21-12)14(20)19-8-6-18(7-9-19)11-2-1-3-11/h4-5,11H,1-3,6-10H2. The van der Waals surface area contributed by atoms with E-state index in [4.69, 9.17) is 5.53 Å². The Bertz CT molecular complexity index is 553. The first-order valence-electron chi connectivity index (χ1n) is 7.41. The van der Waals surface area contributed by atoms with E-state index in [-0.39, 0.29) is 5.91 Å². The van der Waals surface area contributed by atoms with Crippen molar-refractivity contribution in [2.24, 2.45) is 5.11 Å². The summed E-state index contributed by atoms with van der Waals surface area (Å²) in [4.78, 5) is 21.4. The molecule has 3 rings (SSSR count). The quantitative estimate of drug-likeness (QED) is 0.487. The highest BCUT2D eigenvalue weighted by molar-refractivity contribution is 7.14. The molecule has 0 aromatic carbocycles. The van der Waals surface area contributed by atoms with Gasteiger partial charge in [0.25, 0.3) is 5.91 Å². The molecular formula is C14H19N5OS. The highest BCUT2D eigenvalue weighted by Gasteiger charge is 2.29. The third kappa shape index (κ3) is 3.20. The summed E-state index contributed by atoms with van der Waals surface area (Å²) in [5.41, 5.74) is 8.33. The number of thiophene rings is 1. The van der Waals surface area contributed by atoms with Crippen LogP contribution in [0.4, 0.5) is 0 Å². The number of hydrogen-bond acceptors (Lipinski definition) is 4. The zero-order chi connectivity index (χ0) is 14.7. The van der Waals surface area contributed by atoms with E-state index >= 15 is 0 Å². The van der Waals surface area contributed by atoms with Crippen molar-refractivity contribution in [1.82, 2.24) is 9.80 Å². The van der Waals surface area contributed by atoms with Crippen LogP contribution in [0.5, 0.6) is 0 Å². The fraction of sp³-hybridized carbons (Fsp3) is 0.643. The van der Waals surface area contributed by atoms with Crippen molar-refractivity contribution in [2.75, 3.05) is 26.2 Å². The molecule has 112 valence electrons. The van der Waals surface area contributed by atoms with Gasteiger partial charge in [-0.05, 0) is 30.5 Å². The van der Waals surface area contributed by atoms with Gasteiger partial charge in [-0.1, -0.05) is 11.5 Å². The van der Waals surface area contributed by atoms with Crippen LogP contribution in [-0.2, 0) is 6.54 Å². The lowest BCUT2D eigenvalue weighted by Crippen LogP contribution is -2.53. The van der Waals surface area contributed by atoms with Crippen molar-refractivity contribution in [3.8, 4) is 0 Å². The van der Waals surface area contributed by atoms with Gasteiger partial charge < -0.3 is 4.90 Å². The predicted octanol–water partition coefficient (Wildman–Crippen LogP) is 2.87. The molecule has 2 aliphatic rings. The Kier molecular flexibility index (Phi) is 4.43. The normalized spacial score (nSPS) is 19.9. The lowest BCUT2D eigenvalue weighted by molar-refractivity contribution is 0.0459. The Morgan fingerprint density at radius 2 is 2.10 bits per heavy atom. The van der Waals surface area contributed by atoms with E-state index in [1.165, 1.54) is 30.6 Å². The van der Waals surface area contributed by atoms with Crippen LogP contribution in [0.2, 0.25) is 0 Å². The molecule has 0 spiro atoms. The van der Waals surface area contributed by atoms with Gasteiger partial charge in [-0.3, -0.25) is 9.69 Å². The summed E-state index contributed by atoms with van der Waals surface area (Å²) in [7, 11) is 0. The minimum absolute atomic E-state index is 0.112. The first-order chi connectivity index (χ1) is 10.3. The van der Waals surface area contributed by atoms with Crippen LogP contribution in [-0.4, -0.2) is 47.9 Å². The molecule has 0 unspecified atom stereocenters. The molecule has 1 aromatic heterocycles. The van der Waals surface area contributed by atoms with Crippen molar-refractivity contribution in [3.63, 3.8) is 0 Å². The van der Waals surface area contributed by atoms with Crippen LogP contribution in [0.1, 0.15) is 33.8 Å². The Morgan fingerprint density at radius 1 is 1.33 bits per heavy atom. The summed E-state index contributed by atoms with van der Waals surface area (Å²) in [6, 6.07) is 4.48. The van der Waals surface area contributed by atoms with Gasteiger partial charge in [-0.2, -0.15) is 0 Å². The topological polar surface area (TPSA) is 72.3 Å². The van der Waals surface area contributed by atoms with Crippen LogP contribution in [0.25, 0.3) is 10.4 Å². The number of hydrogen-bond donors (Lipinski definition) is 0. The molecule has 2 heterocycles. The molecule has 1 aliphatic carbocycles. The zero-order valence-electron chi connectivity index (χ0n) is 11.9. The molecule has 0 radical (unpaired) electrons. The van der Waals surface area contributed by atoms with Gasteiger partial charge in [0.15, 0.2) is 0 Å². The lowest BCUT2D eigenvalue weighted by atomic mass is 9.91. The summed E-state index contributed by atoms with van der Waals surface area (Å²) in [6.07, 6.45) is 4.00. The van der Waals surface area contributed by atoms with Crippen LogP contribution >= 0.6 is 11.3 Å². The molecule has 0 N–H and O–H groups in total. The molecule has 1 saturated heterocycles. The van der Waals surface area contributed by atoms with Crippen LogP contribution in [0, 0.1) is 0 Å². The second-order valence-electron chi connectivity index (χ2n) is 5.57. The van der Waals surface area contributed by atoms with E-state index in [9.17, 15) is 4.79 Å². The molecule has 2 fully saturated rings. The number of carbonyl (C=O) groups is 1. The monoisotopic (exact) mass is 305 g/mol. The maximum absolute atomic E-state index is 12.5. The van der Waals surface area contributed by atoms with E-state index in [0.29, 0.717) is 6.54 Å². The van der Waals surface area contributed by atoms with E-state index in [2.05, 4.69) is 14.9 Å². The summed E-state index contributed by atoms with van der Waals surface area (Å²) >= 11 is 1.43. The molecule has 0 atom stereocenters. The Balaban J connectivity index is 1.55. The van der Waals surface area contributed by atoms with Crippen molar-refractivity contribution < 1.29 is 4.79 Å². The van der Waals surface area contributed by atoms with Crippen LogP contribution < -0.4 is 0 Å². The number of piperazine rings is 1. The van der Waals surface area contributed by atoms with Crippen molar-refractivity contribution in [3.05, 3.63) is 32.3 Å². The number of carbonyl (C=O) groups excluding carboxylic acids is 1. The van der Waals surface area contributed by atoms with Gasteiger partial charge in [0.1, 0.15) is 0 Å². The molecule has 1 saturated carbocycles. The van der Waals surface area contributed by atoms with Crippen molar-refractivity contribution in [1.29, 1.82) is 0 Å². The van der Waals surface area contributed by atoms with Crippen molar-refractivity contribution in [2.45, 2.75) is 31.8 Å². The number of rotatable bonds is 4.